The Morgan fingerprint density at radius 3 is 2.57 bits per heavy atom. The molecule has 1 heterocycles. The standard InChI is InChI=1S/C22H24O6/c1-12(2)5-6-14-17(23)9-7-15-19(24)16(11-28-21(14)15)13-8-10-18(26-3)20(25)22(13)27-4/h5,7-10,16,23,25H,6,11H2,1-4H3. The van der Waals surface area contributed by atoms with Gasteiger partial charge in [-0.3, -0.25) is 4.79 Å². The van der Waals surface area contributed by atoms with Gasteiger partial charge in [0.25, 0.3) is 0 Å². The zero-order chi connectivity index (χ0) is 20.4. The molecule has 0 spiro atoms. The molecule has 1 unspecified atom stereocenters. The van der Waals surface area contributed by atoms with Crippen LogP contribution in [0.4, 0.5) is 0 Å². The van der Waals surface area contributed by atoms with Gasteiger partial charge in [0, 0.05) is 11.1 Å². The van der Waals surface area contributed by atoms with Crippen LogP contribution in [-0.2, 0) is 6.42 Å². The van der Waals surface area contributed by atoms with Crippen molar-refractivity contribution in [3.8, 4) is 28.7 Å². The molecule has 0 saturated carbocycles. The summed E-state index contributed by atoms with van der Waals surface area (Å²) in [7, 11) is 2.87. The lowest BCUT2D eigenvalue weighted by Gasteiger charge is -2.27. The molecule has 0 fully saturated rings. The minimum Gasteiger partial charge on any atom is -0.508 e. The van der Waals surface area contributed by atoms with Crippen molar-refractivity contribution in [2.24, 2.45) is 0 Å². The zero-order valence-electron chi connectivity index (χ0n) is 16.4. The summed E-state index contributed by atoms with van der Waals surface area (Å²) in [5.74, 6) is 0.0174. The van der Waals surface area contributed by atoms with Crippen LogP contribution in [0.1, 0.15) is 41.3 Å². The van der Waals surface area contributed by atoms with Crippen LogP contribution in [0.25, 0.3) is 0 Å². The van der Waals surface area contributed by atoms with Gasteiger partial charge in [-0.2, -0.15) is 0 Å². The number of benzene rings is 2. The van der Waals surface area contributed by atoms with E-state index in [1.807, 2.05) is 19.9 Å². The van der Waals surface area contributed by atoms with Crippen LogP contribution in [0, 0.1) is 0 Å². The minimum atomic E-state index is -0.639. The number of fused-ring (bicyclic) bond motifs is 1. The highest BCUT2D eigenvalue weighted by atomic mass is 16.5. The quantitative estimate of drug-likeness (QED) is 0.759. The molecule has 2 N–H and O–H groups in total. The van der Waals surface area contributed by atoms with Crippen molar-refractivity contribution in [1.82, 2.24) is 0 Å². The number of hydrogen-bond acceptors (Lipinski definition) is 6. The Morgan fingerprint density at radius 2 is 1.93 bits per heavy atom. The minimum absolute atomic E-state index is 0.0826. The fourth-order valence-electron chi connectivity index (χ4n) is 3.36. The Morgan fingerprint density at radius 1 is 1.18 bits per heavy atom. The number of hydrogen-bond donors (Lipinski definition) is 2. The van der Waals surface area contributed by atoms with Crippen LogP contribution in [0.5, 0.6) is 28.7 Å². The second-order valence-electron chi connectivity index (χ2n) is 6.89. The summed E-state index contributed by atoms with van der Waals surface area (Å²) < 4.78 is 16.4. The number of carbonyl (C=O) groups excluding carboxylic acids is 1. The molecular weight excluding hydrogens is 360 g/mol. The number of methoxy groups -OCH3 is 2. The molecule has 2 aromatic carbocycles. The molecule has 148 valence electrons. The van der Waals surface area contributed by atoms with E-state index < -0.39 is 5.92 Å². The molecule has 1 aliphatic rings. The molecule has 0 aromatic heterocycles. The zero-order valence-corrected chi connectivity index (χ0v) is 16.4. The molecule has 0 aliphatic carbocycles. The van der Waals surface area contributed by atoms with E-state index >= 15 is 0 Å². The van der Waals surface area contributed by atoms with Gasteiger partial charge < -0.3 is 24.4 Å². The van der Waals surface area contributed by atoms with Gasteiger partial charge in [0.15, 0.2) is 17.3 Å². The first-order valence-corrected chi connectivity index (χ1v) is 8.98. The van der Waals surface area contributed by atoms with Crippen LogP contribution >= 0.6 is 0 Å². The molecule has 28 heavy (non-hydrogen) atoms. The van der Waals surface area contributed by atoms with E-state index in [4.69, 9.17) is 14.2 Å². The largest absolute Gasteiger partial charge is 0.508 e. The molecule has 0 amide bonds. The van der Waals surface area contributed by atoms with Gasteiger partial charge in [0.1, 0.15) is 18.1 Å². The maximum Gasteiger partial charge on any atom is 0.201 e. The van der Waals surface area contributed by atoms with Crippen LogP contribution in [-0.4, -0.2) is 36.8 Å². The molecule has 6 heteroatoms. The van der Waals surface area contributed by atoms with Gasteiger partial charge in [-0.25, -0.2) is 0 Å². The van der Waals surface area contributed by atoms with E-state index in [1.165, 1.54) is 20.3 Å². The molecule has 0 bridgehead atoms. The summed E-state index contributed by atoms with van der Waals surface area (Å²) in [5.41, 5.74) is 2.63. The predicted octanol–water partition coefficient (Wildman–Crippen LogP) is 3.98. The van der Waals surface area contributed by atoms with E-state index in [0.717, 1.165) is 5.57 Å². The van der Waals surface area contributed by atoms with Crippen molar-refractivity contribution < 1.29 is 29.2 Å². The summed E-state index contributed by atoms with van der Waals surface area (Å²) in [6, 6.07) is 6.37. The molecule has 0 saturated heterocycles. The highest BCUT2D eigenvalue weighted by molar-refractivity contribution is 6.05. The van der Waals surface area contributed by atoms with Crippen molar-refractivity contribution in [3.63, 3.8) is 0 Å². The van der Waals surface area contributed by atoms with Gasteiger partial charge in [-0.15, -0.1) is 0 Å². The first-order valence-electron chi connectivity index (χ1n) is 8.98. The first-order chi connectivity index (χ1) is 13.4. The summed E-state index contributed by atoms with van der Waals surface area (Å²) in [6.45, 7) is 4.02. The third kappa shape index (κ3) is 3.38. The summed E-state index contributed by atoms with van der Waals surface area (Å²) >= 11 is 0. The predicted molar refractivity (Wildman–Crippen MR) is 105 cm³/mol. The average molecular weight is 384 g/mol. The topological polar surface area (TPSA) is 85.2 Å². The molecule has 6 nitrogen and oxygen atoms in total. The maximum atomic E-state index is 13.2. The Hall–Kier alpha value is -3.15. The Bertz CT molecular complexity index is 941. The van der Waals surface area contributed by atoms with Gasteiger partial charge in [0.05, 0.1) is 25.7 Å². The summed E-state index contributed by atoms with van der Waals surface area (Å²) in [4.78, 5) is 13.2. The number of phenolic OH excluding ortho intramolecular Hbond substituents is 2. The molecule has 1 atom stereocenters. The maximum absolute atomic E-state index is 13.2. The van der Waals surface area contributed by atoms with Crippen molar-refractivity contribution in [2.75, 3.05) is 20.8 Å². The first kappa shape index (κ1) is 19.6. The number of aromatic hydroxyl groups is 2. The van der Waals surface area contributed by atoms with Crippen molar-refractivity contribution in [3.05, 3.63) is 52.6 Å². The number of allylic oxidation sites excluding steroid dienone is 2. The highest BCUT2D eigenvalue weighted by Crippen LogP contribution is 2.45. The number of rotatable bonds is 5. The average Bonchev–Trinajstić information content (AvgIpc) is 2.67. The number of ketones is 1. The van der Waals surface area contributed by atoms with Crippen LogP contribution in [0.2, 0.25) is 0 Å². The summed E-state index contributed by atoms with van der Waals surface area (Å²) in [6.07, 6.45) is 2.45. The van der Waals surface area contributed by atoms with E-state index in [0.29, 0.717) is 28.9 Å². The smallest absolute Gasteiger partial charge is 0.201 e. The third-order valence-corrected chi connectivity index (χ3v) is 4.85. The van der Waals surface area contributed by atoms with Crippen LogP contribution in [0.3, 0.4) is 0 Å². The molecule has 2 aromatic rings. The fourth-order valence-corrected chi connectivity index (χ4v) is 3.36. The van der Waals surface area contributed by atoms with Gasteiger partial charge in [0.2, 0.25) is 5.75 Å². The number of phenols is 2. The van der Waals surface area contributed by atoms with E-state index in [9.17, 15) is 15.0 Å². The summed E-state index contributed by atoms with van der Waals surface area (Å²) in [5, 5.41) is 20.6. The molecule has 3 rings (SSSR count). The normalized spacial score (nSPS) is 15.4. The Kier molecular flexibility index (Phi) is 5.49. The van der Waals surface area contributed by atoms with E-state index in [1.54, 1.807) is 18.2 Å². The lowest BCUT2D eigenvalue weighted by Crippen LogP contribution is -2.27. The highest BCUT2D eigenvalue weighted by Gasteiger charge is 2.35. The van der Waals surface area contributed by atoms with Crippen molar-refractivity contribution in [2.45, 2.75) is 26.2 Å². The third-order valence-electron chi connectivity index (χ3n) is 4.85. The van der Waals surface area contributed by atoms with Gasteiger partial charge in [-0.05, 0) is 38.5 Å². The van der Waals surface area contributed by atoms with E-state index in [2.05, 4.69) is 0 Å². The second kappa shape index (κ2) is 7.84. The van der Waals surface area contributed by atoms with Crippen LogP contribution in [0.15, 0.2) is 35.9 Å². The monoisotopic (exact) mass is 384 g/mol. The lowest BCUT2D eigenvalue weighted by molar-refractivity contribution is 0.0892. The van der Waals surface area contributed by atoms with Gasteiger partial charge in [-0.1, -0.05) is 17.7 Å². The molecule has 0 radical (unpaired) electrons. The fraction of sp³-hybridized carbons (Fsp3) is 0.318. The number of ether oxygens (including phenoxy) is 3. The molecular formula is C22H24O6. The van der Waals surface area contributed by atoms with Crippen LogP contribution < -0.4 is 14.2 Å². The van der Waals surface area contributed by atoms with Gasteiger partial charge >= 0.3 is 0 Å². The lowest BCUT2D eigenvalue weighted by atomic mass is 9.86. The second-order valence-corrected chi connectivity index (χ2v) is 6.89. The SMILES string of the molecule is COc1ccc(C2COc3c(ccc(O)c3CC=C(C)C)C2=O)c(OC)c1O. The van der Waals surface area contributed by atoms with E-state index in [-0.39, 0.29) is 35.4 Å². The van der Waals surface area contributed by atoms with Crippen molar-refractivity contribution >= 4 is 5.78 Å². The number of carbonyl (C=O) groups is 1. The number of Topliss-reactive ketones (excluding diaryl/α,β-unsaturated/α-hetero) is 1. The Labute approximate surface area is 164 Å². The molecule has 1 aliphatic heterocycles. The van der Waals surface area contributed by atoms with Crippen molar-refractivity contribution in [1.29, 1.82) is 0 Å². The Balaban J connectivity index is 2.04.